The van der Waals surface area contributed by atoms with Crippen LogP contribution < -0.4 is 10.3 Å². The second kappa shape index (κ2) is 7.34. The highest BCUT2D eigenvalue weighted by molar-refractivity contribution is 14.1. The topological polar surface area (TPSA) is 88.1 Å². The minimum Gasteiger partial charge on any atom is -0.456 e. The summed E-state index contributed by atoms with van der Waals surface area (Å²) in [6.45, 7) is 0.118. The number of nitrogens with zero attached hydrogens (tertiary/aromatic N) is 2. The molecule has 2 aromatic rings. The predicted octanol–water partition coefficient (Wildman–Crippen LogP) is 2.39. The first-order chi connectivity index (χ1) is 13.5. The maximum absolute atomic E-state index is 13.0. The molecule has 0 aliphatic carbocycles. The molecule has 0 aromatic heterocycles. The van der Waals surface area contributed by atoms with Crippen LogP contribution in [-0.4, -0.2) is 29.0 Å². The summed E-state index contributed by atoms with van der Waals surface area (Å²) in [5.74, 6) is -1.33. The van der Waals surface area contributed by atoms with Crippen molar-refractivity contribution in [3.05, 3.63) is 63.7 Å². The number of ether oxygens (including phenoxy) is 1. The lowest BCUT2D eigenvalue weighted by Gasteiger charge is -2.21. The van der Waals surface area contributed by atoms with E-state index in [1.54, 1.807) is 12.1 Å². The van der Waals surface area contributed by atoms with Crippen LogP contribution in [0.15, 0.2) is 59.7 Å². The molecule has 1 N–H and O–H groups in total. The molecule has 2 aliphatic rings. The third-order valence-corrected chi connectivity index (χ3v) is 5.44. The maximum Gasteiger partial charge on any atom is 0.354 e. The molecule has 0 unspecified atom stereocenters. The third kappa shape index (κ3) is 3.39. The van der Waals surface area contributed by atoms with Crippen LogP contribution in [0.4, 0.5) is 5.69 Å². The molecule has 142 valence electrons. The van der Waals surface area contributed by atoms with Gasteiger partial charge in [0.25, 0.3) is 5.91 Å². The van der Waals surface area contributed by atoms with Crippen molar-refractivity contribution < 1.29 is 19.1 Å². The van der Waals surface area contributed by atoms with Crippen LogP contribution in [0.2, 0.25) is 0 Å². The summed E-state index contributed by atoms with van der Waals surface area (Å²) in [4.78, 5) is 39.0. The highest BCUT2D eigenvalue weighted by Gasteiger charge is 2.56. The summed E-state index contributed by atoms with van der Waals surface area (Å²) in [5, 5.41) is 4.00. The number of amides is 2. The Morgan fingerprint density at radius 3 is 2.54 bits per heavy atom. The number of carbonyl (C=O) groups excluding carboxylic acids is 3. The lowest BCUT2D eigenvalue weighted by Crippen LogP contribution is -2.47. The van der Waals surface area contributed by atoms with E-state index in [-0.39, 0.29) is 31.1 Å². The smallest absolute Gasteiger partial charge is 0.354 e. The Bertz CT molecular complexity index is 975. The molecule has 1 saturated heterocycles. The average Bonchev–Trinajstić information content (AvgIpc) is 3.23. The minimum atomic E-state index is -1.22. The number of hydrazone groups is 1. The molecule has 28 heavy (non-hydrogen) atoms. The molecule has 0 bridgehead atoms. The van der Waals surface area contributed by atoms with E-state index >= 15 is 0 Å². The number of esters is 1. The van der Waals surface area contributed by atoms with E-state index < -0.39 is 17.4 Å². The van der Waals surface area contributed by atoms with Gasteiger partial charge in [0.2, 0.25) is 5.91 Å². The van der Waals surface area contributed by atoms with Crippen molar-refractivity contribution in [1.29, 1.82) is 0 Å². The van der Waals surface area contributed by atoms with Crippen LogP contribution in [0.5, 0.6) is 0 Å². The van der Waals surface area contributed by atoms with Crippen LogP contribution in [0.3, 0.4) is 0 Å². The van der Waals surface area contributed by atoms with Gasteiger partial charge in [0.1, 0.15) is 17.9 Å². The molecular formula is C20H16IN3O4. The Balaban J connectivity index is 1.44. The first-order valence-corrected chi connectivity index (χ1v) is 9.74. The molecule has 2 amide bonds. The summed E-state index contributed by atoms with van der Waals surface area (Å²) >= 11 is 2.15. The fraction of sp³-hybridized carbons (Fsp3) is 0.200. The first-order valence-electron chi connectivity index (χ1n) is 8.66. The number of benzene rings is 2. The Labute approximate surface area is 174 Å². The predicted molar refractivity (Wildman–Crippen MR) is 110 cm³/mol. The molecule has 7 nitrogen and oxygen atoms in total. The molecule has 4 rings (SSSR count). The van der Waals surface area contributed by atoms with Gasteiger partial charge in [-0.1, -0.05) is 30.3 Å². The Hall–Kier alpha value is -2.75. The van der Waals surface area contributed by atoms with Gasteiger partial charge in [0, 0.05) is 9.99 Å². The second-order valence-electron chi connectivity index (χ2n) is 6.68. The van der Waals surface area contributed by atoms with Crippen molar-refractivity contribution in [2.75, 3.05) is 4.90 Å². The summed E-state index contributed by atoms with van der Waals surface area (Å²) < 4.78 is 6.28. The van der Waals surface area contributed by atoms with E-state index in [0.29, 0.717) is 5.69 Å². The van der Waals surface area contributed by atoms with E-state index in [1.165, 1.54) is 0 Å². The van der Waals surface area contributed by atoms with Gasteiger partial charge < -0.3 is 4.74 Å². The molecule has 1 spiro atoms. The number of carbonyl (C=O) groups is 3. The van der Waals surface area contributed by atoms with Gasteiger partial charge in [0.05, 0.1) is 12.1 Å². The van der Waals surface area contributed by atoms with E-state index in [4.69, 9.17) is 4.74 Å². The summed E-state index contributed by atoms with van der Waals surface area (Å²) in [5.41, 5.74) is 2.98. The lowest BCUT2D eigenvalue weighted by molar-refractivity contribution is -0.136. The molecule has 2 aromatic carbocycles. The van der Waals surface area contributed by atoms with Crippen molar-refractivity contribution in [3.63, 3.8) is 0 Å². The fourth-order valence-corrected chi connectivity index (χ4v) is 3.64. The number of nitrogens with one attached hydrogen (secondary N) is 1. The average molecular weight is 489 g/mol. The van der Waals surface area contributed by atoms with E-state index in [9.17, 15) is 14.4 Å². The van der Waals surface area contributed by atoms with Crippen molar-refractivity contribution in [2.24, 2.45) is 5.10 Å². The summed E-state index contributed by atoms with van der Waals surface area (Å²) in [7, 11) is 0. The van der Waals surface area contributed by atoms with Crippen molar-refractivity contribution in [2.45, 2.75) is 25.0 Å². The van der Waals surface area contributed by atoms with Gasteiger partial charge in [0.15, 0.2) is 0 Å². The zero-order chi connectivity index (χ0) is 19.7. The summed E-state index contributed by atoms with van der Waals surface area (Å²) in [6.07, 6.45) is -0.0388. The van der Waals surface area contributed by atoms with Gasteiger partial charge in [-0.2, -0.15) is 5.10 Å². The van der Waals surface area contributed by atoms with Crippen LogP contribution >= 0.6 is 22.6 Å². The summed E-state index contributed by atoms with van der Waals surface area (Å²) in [6, 6.07) is 16.4. The standard InChI is InChI=1S/C20H16IN3O4/c21-14-6-8-15(9-7-14)24-17(25)11-20(19(24)27)10-16(22-23-20)18(26)28-12-13-4-2-1-3-5-13/h1-9,23H,10-12H2/t20-/m1/s1. The maximum atomic E-state index is 13.0. The largest absolute Gasteiger partial charge is 0.456 e. The zero-order valence-corrected chi connectivity index (χ0v) is 16.9. The van der Waals surface area contributed by atoms with E-state index in [2.05, 4.69) is 33.1 Å². The second-order valence-corrected chi connectivity index (χ2v) is 7.92. The molecule has 2 heterocycles. The van der Waals surface area contributed by atoms with Crippen molar-refractivity contribution >= 4 is 51.8 Å². The van der Waals surface area contributed by atoms with Gasteiger partial charge in [-0.3, -0.25) is 15.0 Å². The van der Waals surface area contributed by atoms with Gasteiger partial charge in [-0.15, -0.1) is 0 Å². The Morgan fingerprint density at radius 2 is 1.82 bits per heavy atom. The van der Waals surface area contributed by atoms with Crippen molar-refractivity contribution in [3.8, 4) is 0 Å². The van der Waals surface area contributed by atoms with Crippen molar-refractivity contribution in [1.82, 2.24) is 5.43 Å². The monoisotopic (exact) mass is 489 g/mol. The molecule has 0 radical (unpaired) electrons. The number of hydrogen-bond acceptors (Lipinski definition) is 6. The molecule has 0 saturated carbocycles. The van der Waals surface area contributed by atoms with Crippen LogP contribution in [-0.2, 0) is 25.7 Å². The van der Waals surface area contributed by atoms with Gasteiger partial charge in [-0.05, 0) is 52.4 Å². The molecule has 8 heteroatoms. The molecular weight excluding hydrogens is 473 g/mol. The van der Waals surface area contributed by atoms with Gasteiger partial charge in [-0.25, -0.2) is 9.69 Å². The van der Waals surface area contributed by atoms with E-state index in [1.807, 2.05) is 42.5 Å². The SMILES string of the molecule is O=C(OCc1ccccc1)C1=NN[C@@]2(CC(=O)N(c3ccc(I)cc3)C2=O)C1. The number of hydrogen-bond donors (Lipinski definition) is 1. The number of imide groups is 1. The normalized spacial score (nSPS) is 21.0. The number of halogens is 1. The molecule has 1 fully saturated rings. The molecule has 2 aliphatic heterocycles. The number of anilines is 1. The first kappa shape index (κ1) is 18.6. The highest BCUT2D eigenvalue weighted by Crippen LogP contribution is 2.34. The van der Waals surface area contributed by atoms with Crippen LogP contribution in [0, 0.1) is 3.57 Å². The lowest BCUT2D eigenvalue weighted by atomic mass is 9.93. The zero-order valence-electron chi connectivity index (χ0n) is 14.7. The van der Waals surface area contributed by atoms with E-state index in [0.717, 1.165) is 14.0 Å². The third-order valence-electron chi connectivity index (χ3n) is 4.72. The van der Waals surface area contributed by atoms with Crippen LogP contribution in [0.1, 0.15) is 18.4 Å². The fourth-order valence-electron chi connectivity index (χ4n) is 3.28. The van der Waals surface area contributed by atoms with Crippen LogP contribution in [0.25, 0.3) is 0 Å². The number of rotatable bonds is 4. The quantitative estimate of drug-likeness (QED) is 0.405. The van der Waals surface area contributed by atoms with Gasteiger partial charge >= 0.3 is 5.97 Å². The Kier molecular flexibility index (Phi) is 4.88. The highest BCUT2D eigenvalue weighted by atomic mass is 127. The Morgan fingerprint density at radius 1 is 1.11 bits per heavy atom. The molecule has 1 atom stereocenters. The minimum absolute atomic E-state index is 0.0199.